The molecule has 1 aromatic carbocycles. The molecule has 0 bridgehead atoms. The number of amides is 2. The lowest BCUT2D eigenvalue weighted by molar-refractivity contribution is -0.134. The zero-order chi connectivity index (χ0) is 32.6. The fourth-order valence-electron chi connectivity index (χ4n) is 6.46. The Kier molecular flexibility index (Phi) is 11.8. The zero-order valence-corrected chi connectivity index (χ0v) is 27.3. The predicted molar refractivity (Wildman–Crippen MR) is 176 cm³/mol. The summed E-state index contributed by atoms with van der Waals surface area (Å²) in [6, 6.07) is 6.43. The number of hydrogen-bond acceptors (Lipinski definition) is 11. The summed E-state index contributed by atoms with van der Waals surface area (Å²) in [5, 5.41) is 17.6. The van der Waals surface area contributed by atoms with Gasteiger partial charge in [-0.15, -0.1) is 0 Å². The van der Waals surface area contributed by atoms with E-state index in [1.807, 2.05) is 25.1 Å². The summed E-state index contributed by atoms with van der Waals surface area (Å²) in [5.74, 6) is 1.21. The summed E-state index contributed by atoms with van der Waals surface area (Å²) >= 11 is 1.92. The van der Waals surface area contributed by atoms with Crippen LogP contribution in [0, 0.1) is 17.2 Å². The first-order valence-electron chi connectivity index (χ1n) is 16.1. The van der Waals surface area contributed by atoms with Gasteiger partial charge >= 0.3 is 6.61 Å². The van der Waals surface area contributed by atoms with Crippen LogP contribution in [0.15, 0.2) is 30.6 Å². The third-order valence-electron chi connectivity index (χ3n) is 9.00. The lowest BCUT2D eigenvalue weighted by Crippen LogP contribution is -2.44. The number of halogens is 2. The zero-order valence-electron chi connectivity index (χ0n) is 26.4. The molecule has 3 aliphatic heterocycles. The maximum Gasteiger partial charge on any atom is 0.387 e. The van der Waals surface area contributed by atoms with Gasteiger partial charge in [0.2, 0.25) is 17.8 Å². The molecular formula is C32H44F2N8O3S. The summed E-state index contributed by atoms with van der Waals surface area (Å²) < 4.78 is 31.4. The molecule has 14 heteroatoms. The number of aromatic nitrogens is 2. The van der Waals surface area contributed by atoms with Gasteiger partial charge in [0.25, 0.3) is 0 Å². The number of carbonyl (C=O) groups excluding carboxylic acids is 2. The first-order chi connectivity index (χ1) is 22.2. The minimum Gasteiger partial charge on any atom is -0.432 e. The minimum atomic E-state index is -2.89. The van der Waals surface area contributed by atoms with Crippen molar-refractivity contribution in [3.05, 3.63) is 41.7 Å². The number of benzene rings is 1. The molecule has 3 aliphatic rings. The average molecular weight is 659 g/mol. The van der Waals surface area contributed by atoms with Crippen LogP contribution in [0.4, 0.5) is 20.4 Å². The third kappa shape index (κ3) is 9.13. The molecule has 1 aromatic heterocycles. The van der Waals surface area contributed by atoms with Gasteiger partial charge in [0.05, 0.1) is 24.0 Å². The van der Waals surface area contributed by atoms with Crippen molar-refractivity contribution in [2.45, 2.75) is 64.0 Å². The number of likely N-dealkylation sites (tertiary alicyclic amines) is 1. The number of rotatable bonds is 13. The standard InChI is InChI=1S/C32H44F2N8O3S/c1-20(19-46-42-13-9-23(10-14-42)39-32-37-16-24(17-38-32)45-31(33)34)18-41-11-7-21(8-12-41)22-3-4-25(27(15-22)36-2)29(35)26-5-6-28(43)40-30(26)44/h3-4,15-17,20-21,23,26,31,35-36H,5-14,18-19H2,1-2H3,(H,37,38,39)(H,40,43,44). The third-order valence-corrected chi connectivity index (χ3v) is 10.5. The van der Waals surface area contributed by atoms with Crippen molar-refractivity contribution in [2.75, 3.05) is 56.2 Å². The van der Waals surface area contributed by atoms with Gasteiger partial charge in [0, 0.05) is 56.1 Å². The molecule has 2 aromatic rings. The molecule has 3 saturated heterocycles. The molecule has 2 unspecified atom stereocenters. The van der Waals surface area contributed by atoms with Crippen molar-refractivity contribution in [3.63, 3.8) is 0 Å². The molecule has 0 saturated carbocycles. The van der Waals surface area contributed by atoms with Crippen LogP contribution in [-0.4, -0.2) is 94.9 Å². The molecular weight excluding hydrogens is 614 g/mol. The molecule has 0 spiro atoms. The van der Waals surface area contributed by atoms with E-state index in [-0.39, 0.29) is 35.7 Å². The van der Waals surface area contributed by atoms with Crippen molar-refractivity contribution in [3.8, 4) is 5.75 Å². The lowest BCUT2D eigenvalue weighted by Gasteiger charge is -2.35. The summed E-state index contributed by atoms with van der Waals surface area (Å²) in [6.45, 7) is 4.54. The minimum absolute atomic E-state index is 0.0497. The summed E-state index contributed by atoms with van der Waals surface area (Å²) in [4.78, 5) is 34.6. The highest BCUT2D eigenvalue weighted by atomic mass is 32.2. The van der Waals surface area contributed by atoms with Gasteiger partial charge < -0.3 is 25.7 Å². The second kappa shape index (κ2) is 16.0. The molecule has 4 N–H and O–H groups in total. The van der Waals surface area contributed by atoms with Gasteiger partial charge in [-0.1, -0.05) is 31.0 Å². The average Bonchev–Trinajstić information content (AvgIpc) is 3.05. The number of piperidine rings is 3. The van der Waals surface area contributed by atoms with Crippen molar-refractivity contribution < 1.29 is 23.1 Å². The Hall–Kier alpha value is -3.36. The fraction of sp³-hybridized carbons (Fsp3) is 0.594. The number of ether oxygens (including phenoxy) is 1. The number of alkyl halides is 2. The molecule has 2 atom stereocenters. The SMILES string of the molecule is CNc1cc(C2CCN(CC(C)CSN3CCC(Nc4ncc(OC(F)F)cn4)CC3)CC2)ccc1C(=N)C1CCC(=O)NC1=O. The summed E-state index contributed by atoms with van der Waals surface area (Å²) in [7, 11) is 1.84. The Morgan fingerprint density at radius 1 is 1.11 bits per heavy atom. The van der Waals surface area contributed by atoms with Gasteiger partial charge in [0.15, 0.2) is 5.75 Å². The van der Waals surface area contributed by atoms with E-state index in [9.17, 15) is 18.4 Å². The van der Waals surface area contributed by atoms with E-state index < -0.39 is 12.5 Å². The van der Waals surface area contributed by atoms with Crippen molar-refractivity contribution in [1.82, 2.24) is 24.5 Å². The van der Waals surface area contributed by atoms with Crippen LogP contribution >= 0.6 is 11.9 Å². The maximum absolute atomic E-state index is 12.3. The lowest BCUT2D eigenvalue weighted by atomic mass is 9.85. The number of nitrogens with zero attached hydrogens (tertiary/aromatic N) is 4. The topological polar surface area (TPSA) is 136 Å². The molecule has 5 rings (SSSR count). The maximum atomic E-state index is 12.3. The largest absolute Gasteiger partial charge is 0.432 e. The Bertz CT molecular complexity index is 1350. The number of carbonyl (C=O) groups is 2. The van der Waals surface area contributed by atoms with Crippen LogP contribution < -0.4 is 20.7 Å². The van der Waals surface area contributed by atoms with Crippen molar-refractivity contribution >= 4 is 41.1 Å². The highest BCUT2D eigenvalue weighted by Gasteiger charge is 2.32. The molecule has 3 fully saturated rings. The summed E-state index contributed by atoms with van der Waals surface area (Å²) in [5.41, 5.74) is 3.08. The highest BCUT2D eigenvalue weighted by molar-refractivity contribution is 7.97. The first kappa shape index (κ1) is 34.0. The van der Waals surface area contributed by atoms with E-state index >= 15 is 0 Å². The van der Waals surface area contributed by atoms with Crippen LogP contribution in [0.3, 0.4) is 0 Å². The van der Waals surface area contributed by atoms with Crippen molar-refractivity contribution in [1.29, 1.82) is 5.41 Å². The molecule has 250 valence electrons. The molecule has 11 nitrogen and oxygen atoms in total. The van der Waals surface area contributed by atoms with Crippen LogP contribution in [0.1, 0.15) is 62.5 Å². The monoisotopic (exact) mass is 658 g/mol. The normalized spacial score (nSPS) is 21.2. The number of anilines is 2. The molecule has 0 aliphatic carbocycles. The Labute approximate surface area is 273 Å². The number of imide groups is 1. The van der Waals surface area contributed by atoms with E-state index in [1.165, 1.54) is 18.0 Å². The second-order valence-corrected chi connectivity index (χ2v) is 13.5. The number of nitrogens with one attached hydrogen (secondary N) is 4. The van der Waals surface area contributed by atoms with E-state index in [4.69, 9.17) is 5.41 Å². The molecule has 46 heavy (non-hydrogen) atoms. The Balaban J connectivity index is 1.01. The molecule has 2 amide bonds. The highest BCUT2D eigenvalue weighted by Crippen LogP contribution is 2.33. The summed E-state index contributed by atoms with van der Waals surface area (Å²) in [6.07, 6.45) is 7.24. The van der Waals surface area contributed by atoms with E-state index in [1.54, 1.807) is 0 Å². The van der Waals surface area contributed by atoms with Crippen LogP contribution in [0.5, 0.6) is 5.75 Å². The van der Waals surface area contributed by atoms with Gasteiger partial charge in [0.1, 0.15) is 0 Å². The Morgan fingerprint density at radius 2 is 1.83 bits per heavy atom. The smallest absolute Gasteiger partial charge is 0.387 e. The predicted octanol–water partition coefficient (Wildman–Crippen LogP) is 4.58. The quantitative estimate of drug-likeness (QED) is 0.138. The van der Waals surface area contributed by atoms with Crippen LogP contribution in [0.25, 0.3) is 0 Å². The molecule has 4 heterocycles. The van der Waals surface area contributed by atoms with E-state index in [2.05, 4.69) is 58.9 Å². The number of hydrogen-bond donors (Lipinski definition) is 4. The van der Waals surface area contributed by atoms with Gasteiger partial charge in [-0.05, 0) is 68.7 Å². The van der Waals surface area contributed by atoms with Gasteiger partial charge in [-0.25, -0.2) is 9.97 Å². The first-order valence-corrected chi connectivity index (χ1v) is 17.0. The van der Waals surface area contributed by atoms with Crippen LogP contribution in [0.2, 0.25) is 0 Å². The van der Waals surface area contributed by atoms with Crippen molar-refractivity contribution in [2.24, 2.45) is 11.8 Å². The van der Waals surface area contributed by atoms with Crippen LogP contribution in [-0.2, 0) is 9.59 Å². The fourth-order valence-corrected chi connectivity index (χ4v) is 7.50. The van der Waals surface area contributed by atoms with Gasteiger partial charge in [-0.2, -0.15) is 8.78 Å². The molecule has 0 radical (unpaired) electrons. The Morgan fingerprint density at radius 3 is 2.48 bits per heavy atom. The van der Waals surface area contributed by atoms with E-state index in [0.717, 1.165) is 69.8 Å². The second-order valence-electron chi connectivity index (χ2n) is 12.4. The van der Waals surface area contributed by atoms with E-state index in [0.29, 0.717) is 29.8 Å². The van der Waals surface area contributed by atoms with Gasteiger partial charge in [-0.3, -0.25) is 19.2 Å².